The van der Waals surface area contributed by atoms with Crippen LogP contribution in [0, 0.1) is 0 Å². The molecule has 8 heteroatoms. The van der Waals surface area contributed by atoms with Crippen LogP contribution in [0.2, 0.25) is 0 Å². The molecule has 0 spiro atoms. The first kappa shape index (κ1) is 18.8. The Labute approximate surface area is 158 Å². The SMILES string of the molecule is CN(Cc1cnn(Cc2ccccc2)c1)S(=O)(=O)c1ccc(C(N)=O)cc1. The van der Waals surface area contributed by atoms with Crippen molar-refractivity contribution in [2.75, 3.05) is 7.05 Å². The molecular weight excluding hydrogens is 364 g/mol. The predicted molar refractivity (Wildman–Crippen MR) is 101 cm³/mol. The summed E-state index contributed by atoms with van der Waals surface area (Å²) in [7, 11) is -2.18. The van der Waals surface area contributed by atoms with Gasteiger partial charge in [-0.3, -0.25) is 9.48 Å². The van der Waals surface area contributed by atoms with Crippen LogP contribution < -0.4 is 5.73 Å². The molecule has 0 fully saturated rings. The first-order chi connectivity index (χ1) is 12.9. The van der Waals surface area contributed by atoms with Crippen LogP contribution in [0.3, 0.4) is 0 Å². The zero-order chi connectivity index (χ0) is 19.4. The molecule has 0 radical (unpaired) electrons. The first-order valence-electron chi connectivity index (χ1n) is 8.28. The summed E-state index contributed by atoms with van der Waals surface area (Å²) in [6.07, 6.45) is 3.49. The highest BCUT2D eigenvalue weighted by molar-refractivity contribution is 7.89. The molecule has 0 aliphatic heterocycles. The lowest BCUT2D eigenvalue weighted by Gasteiger charge is -2.16. The number of hydrogen-bond donors (Lipinski definition) is 1. The third kappa shape index (κ3) is 4.42. The fraction of sp³-hybridized carbons (Fsp3) is 0.158. The van der Waals surface area contributed by atoms with E-state index in [-0.39, 0.29) is 17.0 Å². The lowest BCUT2D eigenvalue weighted by molar-refractivity contribution is 0.1000. The van der Waals surface area contributed by atoms with Gasteiger partial charge >= 0.3 is 0 Å². The average molecular weight is 384 g/mol. The molecule has 1 amide bonds. The van der Waals surface area contributed by atoms with Crippen LogP contribution in [-0.4, -0.2) is 35.5 Å². The van der Waals surface area contributed by atoms with E-state index < -0.39 is 15.9 Å². The van der Waals surface area contributed by atoms with Gasteiger partial charge in [0, 0.05) is 30.9 Å². The van der Waals surface area contributed by atoms with E-state index in [9.17, 15) is 13.2 Å². The van der Waals surface area contributed by atoms with E-state index in [4.69, 9.17) is 5.73 Å². The number of nitrogens with zero attached hydrogens (tertiary/aromatic N) is 3. The van der Waals surface area contributed by atoms with Gasteiger partial charge in [0.2, 0.25) is 15.9 Å². The van der Waals surface area contributed by atoms with Crippen molar-refractivity contribution < 1.29 is 13.2 Å². The molecule has 0 saturated heterocycles. The minimum atomic E-state index is -3.69. The van der Waals surface area contributed by atoms with Gasteiger partial charge in [-0.05, 0) is 29.8 Å². The fourth-order valence-corrected chi connectivity index (χ4v) is 3.82. The van der Waals surface area contributed by atoms with E-state index in [0.717, 1.165) is 11.1 Å². The molecule has 0 unspecified atom stereocenters. The molecule has 0 saturated carbocycles. The van der Waals surface area contributed by atoms with Crippen molar-refractivity contribution in [3.05, 3.63) is 83.7 Å². The molecule has 2 N–H and O–H groups in total. The van der Waals surface area contributed by atoms with E-state index in [1.54, 1.807) is 10.9 Å². The topological polar surface area (TPSA) is 98.3 Å². The van der Waals surface area contributed by atoms with Gasteiger partial charge in [0.1, 0.15) is 0 Å². The second-order valence-corrected chi connectivity index (χ2v) is 8.23. The van der Waals surface area contributed by atoms with Gasteiger partial charge < -0.3 is 5.73 Å². The maximum Gasteiger partial charge on any atom is 0.248 e. The summed E-state index contributed by atoms with van der Waals surface area (Å²) in [5.74, 6) is -0.599. The van der Waals surface area contributed by atoms with E-state index in [0.29, 0.717) is 6.54 Å². The normalized spacial score (nSPS) is 11.6. The van der Waals surface area contributed by atoms with Crippen LogP contribution in [0.25, 0.3) is 0 Å². The van der Waals surface area contributed by atoms with E-state index in [1.807, 2.05) is 36.5 Å². The summed E-state index contributed by atoms with van der Waals surface area (Å²) in [5, 5.41) is 4.29. The zero-order valence-electron chi connectivity index (χ0n) is 14.8. The third-order valence-corrected chi connectivity index (χ3v) is 5.94. The molecule has 27 heavy (non-hydrogen) atoms. The van der Waals surface area contributed by atoms with Gasteiger partial charge in [-0.15, -0.1) is 0 Å². The maximum absolute atomic E-state index is 12.7. The number of rotatable bonds is 7. The Morgan fingerprint density at radius 1 is 1.07 bits per heavy atom. The Morgan fingerprint density at radius 3 is 2.37 bits per heavy atom. The molecule has 7 nitrogen and oxygen atoms in total. The Hall–Kier alpha value is -2.97. The summed E-state index contributed by atoms with van der Waals surface area (Å²) in [6, 6.07) is 15.5. The van der Waals surface area contributed by atoms with Crippen LogP contribution in [0.1, 0.15) is 21.5 Å². The van der Waals surface area contributed by atoms with Gasteiger partial charge in [-0.2, -0.15) is 9.40 Å². The summed E-state index contributed by atoms with van der Waals surface area (Å²) < 4.78 is 28.4. The molecule has 3 rings (SSSR count). The largest absolute Gasteiger partial charge is 0.366 e. The average Bonchev–Trinajstić information content (AvgIpc) is 3.09. The van der Waals surface area contributed by atoms with Crippen LogP contribution in [0.15, 0.2) is 71.9 Å². The lowest BCUT2D eigenvalue weighted by Crippen LogP contribution is -2.26. The first-order valence-corrected chi connectivity index (χ1v) is 9.72. The predicted octanol–water partition coefficient (Wildman–Crippen LogP) is 1.85. The molecule has 0 bridgehead atoms. The Balaban J connectivity index is 1.70. The smallest absolute Gasteiger partial charge is 0.248 e. The van der Waals surface area contributed by atoms with Gasteiger partial charge in [-0.25, -0.2) is 8.42 Å². The second-order valence-electron chi connectivity index (χ2n) is 6.18. The number of amides is 1. The maximum atomic E-state index is 12.7. The Kier molecular flexibility index (Phi) is 5.38. The van der Waals surface area contributed by atoms with Gasteiger partial charge in [0.25, 0.3) is 0 Å². The van der Waals surface area contributed by atoms with Crippen molar-refractivity contribution in [2.45, 2.75) is 18.0 Å². The fourth-order valence-electron chi connectivity index (χ4n) is 2.66. The monoisotopic (exact) mass is 384 g/mol. The number of primary amides is 1. The van der Waals surface area contributed by atoms with Crippen molar-refractivity contribution in [1.82, 2.24) is 14.1 Å². The zero-order valence-corrected chi connectivity index (χ0v) is 15.6. The molecule has 3 aromatic rings. The van der Waals surface area contributed by atoms with Gasteiger partial charge in [0.05, 0.1) is 17.6 Å². The highest BCUT2D eigenvalue weighted by atomic mass is 32.2. The van der Waals surface area contributed by atoms with Crippen LogP contribution >= 0.6 is 0 Å². The van der Waals surface area contributed by atoms with Crippen molar-refractivity contribution >= 4 is 15.9 Å². The van der Waals surface area contributed by atoms with Crippen LogP contribution in [-0.2, 0) is 23.1 Å². The number of aromatic nitrogens is 2. The van der Waals surface area contributed by atoms with Crippen molar-refractivity contribution in [1.29, 1.82) is 0 Å². The minimum absolute atomic E-state index is 0.103. The van der Waals surface area contributed by atoms with E-state index >= 15 is 0 Å². The summed E-state index contributed by atoms with van der Waals surface area (Å²) in [4.78, 5) is 11.2. The van der Waals surface area contributed by atoms with Gasteiger partial charge in [0.15, 0.2) is 0 Å². The number of carbonyl (C=O) groups excluding carboxylic acids is 1. The molecule has 0 aliphatic rings. The highest BCUT2D eigenvalue weighted by Gasteiger charge is 2.21. The molecule has 140 valence electrons. The third-order valence-electron chi connectivity index (χ3n) is 4.13. The van der Waals surface area contributed by atoms with Gasteiger partial charge in [-0.1, -0.05) is 30.3 Å². The van der Waals surface area contributed by atoms with Crippen molar-refractivity contribution in [3.8, 4) is 0 Å². The molecular formula is C19H20N4O3S. The van der Waals surface area contributed by atoms with E-state index in [1.165, 1.54) is 35.6 Å². The Morgan fingerprint density at radius 2 is 1.74 bits per heavy atom. The molecule has 1 aromatic heterocycles. The molecule has 1 heterocycles. The quantitative estimate of drug-likeness (QED) is 0.672. The van der Waals surface area contributed by atoms with Crippen LogP contribution in [0.4, 0.5) is 0 Å². The Bertz CT molecular complexity index is 1030. The number of benzene rings is 2. The van der Waals surface area contributed by atoms with Crippen molar-refractivity contribution in [2.24, 2.45) is 5.73 Å². The highest BCUT2D eigenvalue weighted by Crippen LogP contribution is 2.17. The molecule has 0 atom stereocenters. The number of nitrogens with two attached hydrogens (primary N) is 1. The van der Waals surface area contributed by atoms with E-state index in [2.05, 4.69) is 5.10 Å². The standard InChI is InChI=1S/C19H20N4O3S/c1-22(27(25,26)18-9-7-17(8-10-18)19(20)24)12-16-11-21-23(14-16)13-15-5-3-2-4-6-15/h2-11,14H,12-13H2,1H3,(H2,20,24). The number of sulfonamides is 1. The summed E-state index contributed by atoms with van der Waals surface area (Å²) >= 11 is 0. The summed E-state index contributed by atoms with van der Waals surface area (Å²) in [6.45, 7) is 0.806. The molecule has 0 aliphatic carbocycles. The second kappa shape index (κ2) is 7.73. The minimum Gasteiger partial charge on any atom is -0.366 e. The molecule has 2 aromatic carbocycles. The van der Waals surface area contributed by atoms with Crippen molar-refractivity contribution in [3.63, 3.8) is 0 Å². The lowest BCUT2D eigenvalue weighted by atomic mass is 10.2. The number of hydrogen-bond acceptors (Lipinski definition) is 4. The van der Waals surface area contributed by atoms with Crippen LogP contribution in [0.5, 0.6) is 0 Å². The number of carbonyl (C=O) groups is 1. The summed E-state index contributed by atoms with van der Waals surface area (Å²) in [5.41, 5.74) is 7.34.